The molecule has 0 aliphatic carbocycles. The second-order valence-corrected chi connectivity index (χ2v) is 4.50. The highest BCUT2D eigenvalue weighted by Gasteiger charge is 2.14. The summed E-state index contributed by atoms with van der Waals surface area (Å²) < 4.78 is 0. The molecule has 19 heavy (non-hydrogen) atoms. The number of aryl methyl sites for hydroxylation is 1. The van der Waals surface area contributed by atoms with Gasteiger partial charge in [0.05, 0.1) is 11.3 Å². The van der Waals surface area contributed by atoms with Crippen molar-refractivity contribution in [2.75, 3.05) is 0 Å². The first kappa shape index (κ1) is 11.5. The number of amides is 1. The van der Waals surface area contributed by atoms with Crippen LogP contribution in [0.5, 0.6) is 0 Å². The Morgan fingerprint density at radius 1 is 1.26 bits per heavy atom. The van der Waals surface area contributed by atoms with E-state index in [0.29, 0.717) is 11.3 Å². The Hall–Kier alpha value is -2.62. The fourth-order valence-corrected chi connectivity index (χ4v) is 2.29. The zero-order valence-corrected chi connectivity index (χ0v) is 10.5. The van der Waals surface area contributed by atoms with Crippen LogP contribution < -0.4 is 5.73 Å². The van der Waals surface area contributed by atoms with Crippen molar-refractivity contribution in [2.24, 2.45) is 5.73 Å². The third kappa shape index (κ3) is 1.87. The Kier molecular flexibility index (Phi) is 2.56. The third-order valence-electron chi connectivity index (χ3n) is 3.23. The number of nitrogens with one attached hydrogen (secondary N) is 1. The van der Waals surface area contributed by atoms with Crippen LogP contribution in [0.4, 0.5) is 0 Å². The molecule has 0 unspecified atom stereocenters. The maximum Gasteiger partial charge on any atom is 0.251 e. The number of rotatable bonds is 2. The fraction of sp³-hybridized carbons (Fsp3) is 0.0667. The number of fused-ring (bicyclic) bond motifs is 1. The first-order chi connectivity index (χ1) is 9.16. The number of aromatic nitrogens is 2. The monoisotopic (exact) mass is 251 g/mol. The minimum absolute atomic E-state index is 0.449. The van der Waals surface area contributed by atoms with Crippen LogP contribution in [0.1, 0.15) is 15.9 Å². The van der Waals surface area contributed by atoms with Gasteiger partial charge in [0.2, 0.25) is 0 Å². The molecule has 4 heteroatoms. The van der Waals surface area contributed by atoms with E-state index in [1.807, 2.05) is 37.4 Å². The number of hydrogen-bond donors (Lipinski definition) is 2. The molecule has 4 nitrogen and oxygen atoms in total. The van der Waals surface area contributed by atoms with Crippen LogP contribution in [0.25, 0.3) is 22.2 Å². The maximum atomic E-state index is 11.6. The smallest absolute Gasteiger partial charge is 0.251 e. The summed E-state index contributed by atoms with van der Waals surface area (Å²) in [6, 6.07) is 9.68. The zero-order chi connectivity index (χ0) is 13.4. The number of pyridine rings is 1. The molecule has 0 fully saturated rings. The van der Waals surface area contributed by atoms with Crippen molar-refractivity contribution >= 4 is 16.8 Å². The first-order valence-electron chi connectivity index (χ1n) is 6.00. The molecule has 0 radical (unpaired) electrons. The van der Waals surface area contributed by atoms with Gasteiger partial charge < -0.3 is 10.7 Å². The number of primary amides is 1. The first-order valence-corrected chi connectivity index (χ1v) is 6.00. The van der Waals surface area contributed by atoms with E-state index in [1.165, 1.54) is 0 Å². The molecule has 0 atom stereocenters. The molecule has 94 valence electrons. The Morgan fingerprint density at radius 3 is 2.89 bits per heavy atom. The summed E-state index contributed by atoms with van der Waals surface area (Å²) in [6.45, 7) is 1.86. The van der Waals surface area contributed by atoms with Crippen molar-refractivity contribution < 1.29 is 4.79 Å². The summed E-state index contributed by atoms with van der Waals surface area (Å²) in [5, 5.41) is 1.08. The van der Waals surface area contributed by atoms with Gasteiger partial charge in [0, 0.05) is 28.9 Å². The molecule has 0 aliphatic heterocycles. The van der Waals surface area contributed by atoms with Crippen molar-refractivity contribution in [1.82, 2.24) is 9.97 Å². The van der Waals surface area contributed by atoms with Gasteiger partial charge in [-0.05, 0) is 36.8 Å². The number of carbonyl (C=O) groups is 1. The lowest BCUT2D eigenvalue weighted by Crippen LogP contribution is -2.15. The normalized spacial score (nSPS) is 10.8. The number of nitrogens with zero attached hydrogens (tertiary/aromatic N) is 1. The highest BCUT2D eigenvalue weighted by molar-refractivity contribution is 6.01. The van der Waals surface area contributed by atoms with Crippen molar-refractivity contribution in [1.29, 1.82) is 0 Å². The topological polar surface area (TPSA) is 71.8 Å². The molecule has 3 rings (SSSR count). The molecule has 2 aromatic heterocycles. The van der Waals surface area contributed by atoms with Gasteiger partial charge in [-0.25, -0.2) is 0 Å². The van der Waals surface area contributed by atoms with E-state index in [2.05, 4.69) is 9.97 Å². The predicted octanol–water partition coefficient (Wildman–Crippen LogP) is 2.64. The molecule has 0 aliphatic rings. The molecule has 3 aromatic rings. The number of hydrogen-bond acceptors (Lipinski definition) is 2. The largest absolute Gasteiger partial charge is 0.366 e. The second-order valence-electron chi connectivity index (χ2n) is 4.50. The molecule has 0 saturated heterocycles. The number of nitrogens with two attached hydrogens (primary N) is 1. The SMILES string of the molecule is Cc1ccnc(-c2ccc3[nH]ccc3c2)c1C(N)=O. The summed E-state index contributed by atoms with van der Waals surface area (Å²) in [5.41, 5.74) is 9.36. The van der Waals surface area contributed by atoms with Crippen LogP contribution in [0.2, 0.25) is 0 Å². The van der Waals surface area contributed by atoms with E-state index >= 15 is 0 Å². The van der Waals surface area contributed by atoms with E-state index in [-0.39, 0.29) is 0 Å². The van der Waals surface area contributed by atoms with Crippen LogP contribution in [0, 0.1) is 6.92 Å². The van der Waals surface area contributed by atoms with Gasteiger partial charge in [0.1, 0.15) is 0 Å². The lowest BCUT2D eigenvalue weighted by Gasteiger charge is -2.08. The van der Waals surface area contributed by atoms with Crippen molar-refractivity contribution in [3.63, 3.8) is 0 Å². The summed E-state index contributed by atoms with van der Waals surface area (Å²) >= 11 is 0. The average Bonchev–Trinajstić information content (AvgIpc) is 2.85. The van der Waals surface area contributed by atoms with Gasteiger partial charge in [-0.1, -0.05) is 6.07 Å². The highest BCUT2D eigenvalue weighted by atomic mass is 16.1. The lowest BCUT2D eigenvalue weighted by molar-refractivity contribution is 0.1000. The Labute approximate surface area is 110 Å². The van der Waals surface area contributed by atoms with Gasteiger partial charge in [0.25, 0.3) is 5.91 Å². The van der Waals surface area contributed by atoms with Gasteiger partial charge in [-0.2, -0.15) is 0 Å². The van der Waals surface area contributed by atoms with Gasteiger partial charge in [-0.15, -0.1) is 0 Å². The number of aromatic amines is 1. The standard InChI is InChI=1S/C15H13N3O/c1-9-4-6-18-14(13(9)15(16)19)11-2-3-12-10(8-11)5-7-17-12/h2-8,17H,1H3,(H2,16,19). The van der Waals surface area contributed by atoms with Crippen LogP contribution >= 0.6 is 0 Å². The van der Waals surface area contributed by atoms with Crippen LogP contribution in [0.15, 0.2) is 42.7 Å². The summed E-state index contributed by atoms with van der Waals surface area (Å²) in [4.78, 5) is 19.1. The van der Waals surface area contributed by atoms with Crippen molar-refractivity contribution in [3.05, 3.63) is 53.9 Å². The molecular weight excluding hydrogens is 238 g/mol. The second kappa shape index (κ2) is 4.24. The number of benzene rings is 1. The minimum atomic E-state index is -0.449. The molecule has 0 spiro atoms. The summed E-state index contributed by atoms with van der Waals surface area (Å²) in [6.07, 6.45) is 3.57. The van der Waals surface area contributed by atoms with Crippen LogP contribution in [0.3, 0.4) is 0 Å². The fourth-order valence-electron chi connectivity index (χ4n) is 2.29. The molecule has 0 saturated carbocycles. The van der Waals surface area contributed by atoms with Gasteiger partial charge in [-0.3, -0.25) is 9.78 Å². The zero-order valence-electron chi connectivity index (χ0n) is 10.5. The average molecular weight is 251 g/mol. The summed E-state index contributed by atoms with van der Waals surface area (Å²) in [7, 11) is 0. The molecular formula is C15H13N3O. The number of H-pyrrole nitrogens is 1. The predicted molar refractivity (Wildman–Crippen MR) is 74.8 cm³/mol. The van der Waals surface area contributed by atoms with Gasteiger partial charge in [0.15, 0.2) is 0 Å². The molecule has 1 amide bonds. The van der Waals surface area contributed by atoms with Crippen molar-refractivity contribution in [2.45, 2.75) is 6.92 Å². The van der Waals surface area contributed by atoms with E-state index in [0.717, 1.165) is 22.0 Å². The Morgan fingerprint density at radius 2 is 2.11 bits per heavy atom. The van der Waals surface area contributed by atoms with Crippen LogP contribution in [-0.2, 0) is 0 Å². The third-order valence-corrected chi connectivity index (χ3v) is 3.23. The quantitative estimate of drug-likeness (QED) is 0.735. The van der Waals surface area contributed by atoms with E-state index in [1.54, 1.807) is 12.3 Å². The van der Waals surface area contributed by atoms with Crippen LogP contribution in [-0.4, -0.2) is 15.9 Å². The van der Waals surface area contributed by atoms with E-state index in [9.17, 15) is 4.79 Å². The minimum Gasteiger partial charge on any atom is -0.366 e. The molecule has 0 bridgehead atoms. The Bertz CT molecular complexity index is 774. The Balaban J connectivity index is 2.26. The number of carbonyl (C=O) groups excluding carboxylic acids is 1. The van der Waals surface area contributed by atoms with Gasteiger partial charge >= 0.3 is 0 Å². The maximum absolute atomic E-state index is 11.6. The highest BCUT2D eigenvalue weighted by Crippen LogP contribution is 2.26. The molecule has 2 heterocycles. The molecule has 3 N–H and O–H groups in total. The van der Waals surface area contributed by atoms with Crippen molar-refractivity contribution in [3.8, 4) is 11.3 Å². The summed E-state index contributed by atoms with van der Waals surface area (Å²) in [5.74, 6) is -0.449. The van der Waals surface area contributed by atoms with E-state index in [4.69, 9.17) is 5.73 Å². The lowest BCUT2D eigenvalue weighted by atomic mass is 10.0. The molecule has 1 aromatic carbocycles. The van der Waals surface area contributed by atoms with E-state index < -0.39 is 5.91 Å².